The molecule has 0 spiro atoms. The molecule has 0 fully saturated rings. The van der Waals surface area contributed by atoms with E-state index in [9.17, 15) is 4.79 Å². The van der Waals surface area contributed by atoms with Gasteiger partial charge >= 0.3 is 5.97 Å². The fourth-order valence-electron chi connectivity index (χ4n) is 0.965. The zero-order chi connectivity index (χ0) is 9.84. The first kappa shape index (κ1) is 9.58. The Morgan fingerprint density at radius 2 is 2.23 bits per heavy atom. The molecule has 0 saturated heterocycles. The molecule has 2 N–H and O–H groups in total. The van der Waals surface area contributed by atoms with E-state index in [1.807, 2.05) is 25.1 Å². The van der Waals surface area contributed by atoms with Crippen molar-refractivity contribution in [1.82, 2.24) is 0 Å². The van der Waals surface area contributed by atoms with Gasteiger partial charge in [0.1, 0.15) is 6.61 Å². The molecule has 3 nitrogen and oxygen atoms in total. The molecule has 0 saturated carbocycles. The highest BCUT2D eigenvalue weighted by atomic mass is 16.5. The van der Waals surface area contributed by atoms with Gasteiger partial charge in [-0.15, -0.1) is 0 Å². The Morgan fingerprint density at radius 3 is 2.77 bits per heavy atom. The summed E-state index contributed by atoms with van der Waals surface area (Å²) in [5.74, 6) is -0.279. The molecule has 0 aliphatic heterocycles. The first-order valence-corrected chi connectivity index (χ1v) is 4.08. The molecule has 1 aromatic rings. The zero-order valence-electron chi connectivity index (χ0n) is 7.83. The topological polar surface area (TPSA) is 52.3 Å². The third kappa shape index (κ3) is 2.78. The van der Waals surface area contributed by atoms with Crippen molar-refractivity contribution in [3.8, 4) is 0 Å². The van der Waals surface area contributed by atoms with Gasteiger partial charge in [-0.1, -0.05) is 12.1 Å². The number of hydrogen-bond acceptors (Lipinski definition) is 3. The number of aryl methyl sites for hydroxylation is 1. The molecular weight excluding hydrogens is 166 g/mol. The summed E-state index contributed by atoms with van der Waals surface area (Å²) in [4.78, 5) is 10.5. The quantitative estimate of drug-likeness (QED) is 0.554. The molecule has 3 heteroatoms. The number of carbonyl (C=O) groups excluding carboxylic acids is 1. The van der Waals surface area contributed by atoms with Crippen LogP contribution in [0.4, 0.5) is 5.69 Å². The normalized spacial score (nSPS) is 9.69. The standard InChI is InChI=1S/C10H13NO2/c1-7-3-4-9(5-10(7)11)6-13-8(2)12/h3-5H,6,11H2,1-2H3. The predicted molar refractivity (Wildman–Crippen MR) is 51.1 cm³/mol. The molecule has 0 aromatic heterocycles. The monoisotopic (exact) mass is 179 g/mol. The zero-order valence-corrected chi connectivity index (χ0v) is 7.83. The van der Waals surface area contributed by atoms with E-state index in [1.165, 1.54) is 6.92 Å². The van der Waals surface area contributed by atoms with Crippen molar-refractivity contribution in [3.05, 3.63) is 29.3 Å². The van der Waals surface area contributed by atoms with Crippen LogP contribution in [0, 0.1) is 6.92 Å². The minimum Gasteiger partial charge on any atom is -0.461 e. The van der Waals surface area contributed by atoms with Crippen LogP contribution in [0.3, 0.4) is 0 Å². The molecule has 0 radical (unpaired) electrons. The van der Waals surface area contributed by atoms with Crippen LogP contribution in [0.5, 0.6) is 0 Å². The molecule has 0 bridgehead atoms. The predicted octanol–water partition coefficient (Wildman–Crippen LogP) is 1.64. The number of rotatable bonds is 2. The van der Waals surface area contributed by atoms with Gasteiger partial charge in [0.15, 0.2) is 0 Å². The smallest absolute Gasteiger partial charge is 0.302 e. The Bertz CT molecular complexity index is 321. The van der Waals surface area contributed by atoms with Gasteiger partial charge in [-0.2, -0.15) is 0 Å². The average molecular weight is 179 g/mol. The second-order valence-corrected chi connectivity index (χ2v) is 2.97. The third-order valence-electron chi connectivity index (χ3n) is 1.79. The van der Waals surface area contributed by atoms with Crippen molar-refractivity contribution in [2.75, 3.05) is 5.73 Å². The molecule has 13 heavy (non-hydrogen) atoms. The fraction of sp³-hybridized carbons (Fsp3) is 0.300. The van der Waals surface area contributed by atoms with Crippen LogP contribution in [-0.4, -0.2) is 5.97 Å². The van der Waals surface area contributed by atoms with Crippen LogP contribution < -0.4 is 5.73 Å². The molecule has 0 unspecified atom stereocenters. The first-order chi connectivity index (χ1) is 6.09. The molecule has 0 aliphatic rings. The highest BCUT2D eigenvalue weighted by molar-refractivity contribution is 5.66. The lowest BCUT2D eigenvalue weighted by atomic mass is 10.1. The number of esters is 1. The van der Waals surface area contributed by atoms with E-state index in [1.54, 1.807) is 0 Å². The van der Waals surface area contributed by atoms with Crippen LogP contribution in [0.15, 0.2) is 18.2 Å². The molecule has 0 heterocycles. The van der Waals surface area contributed by atoms with Gasteiger partial charge in [-0.3, -0.25) is 4.79 Å². The lowest BCUT2D eigenvalue weighted by Crippen LogP contribution is -2.00. The van der Waals surface area contributed by atoms with Crippen molar-refractivity contribution in [1.29, 1.82) is 0 Å². The van der Waals surface area contributed by atoms with Gasteiger partial charge in [0.25, 0.3) is 0 Å². The Hall–Kier alpha value is -1.51. The van der Waals surface area contributed by atoms with Crippen molar-refractivity contribution < 1.29 is 9.53 Å². The molecule has 1 rings (SSSR count). The van der Waals surface area contributed by atoms with Crippen molar-refractivity contribution >= 4 is 11.7 Å². The van der Waals surface area contributed by atoms with Gasteiger partial charge < -0.3 is 10.5 Å². The second-order valence-electron chi connectivity index (χ2n) is 2.97. The van der Waals surface area contributed by atoms with Crippen LogP contribution in [0.1, 0.15) is 18.1 Å². The summed E-state index contributed by atoms with van der Waals surface area (Å²) in [7, 11) is 0. The highest BCUT2D eigenvalue weighted by Gasteiger charge is 1.98. The molecule has 70 valence electrons. The molecule has 0 atom stereocenters. The SMILES string of the molecule is CC(=O)OCc1ccc(C)c(N)c1. The summed E-state index contributed by atoms with van der Waals surface area (Å²) in [6.45, 7) is 3.61. The number of nitrogen functional groups attached to an aromatic ring is 1. The number of nitrogens with two attached hydrogens (primary N) is 1. The van der Waals surface area contributed by atoms with E-state index in [2.05, 4.69) is 0 Å². The summed E-state index contributed by atoms with van der Waals surface area (Å²) in [5, 5.41) is 0. The largest absolute Gasteiger partial charge is 0.461 e. The Balaban J connectivity index is 2.68. The molecule has 1 aromatic carbocycles. The summed E-state index contributed by atoms with van der Waals surface area (Å²) < 4.78 is 4.83. The van der Waals surface area contributed by atoms with E-state index >= 15 is 0 Å². The van der Waals surface area contributed by atoms with Crippen LogP contribution >= 0.6 is 0 Å². The van der Waals surface area contributed by atoms with E-state index < -0.39 is 0 Å². The summed E-state index contributed by atoms with van der Waals surface area (Å²) >= 11 is 0. The van der Waals surface area contributed by atoms with Crippen LogP contribution in [0.2, 0.25) is 0 Å². The van der Waals surface area contributed by atoms with Gasteiger partial charge in [0.05, 0.1) is 0 Å². The minimum absolute atomic E-state index is 0.279. The first-order valence-electron chi connectivity index (χ1n) is 4.08. The lowest BCUT2D eigenvalue weighted by Gasteiger charge is -2.04. The van der Waals surface area contributed by atoms with E-state index in [4.69, 9.17) is 10.5 Å². The number of hydrogen-bond donors (Lipinski definition) is 1. The van der Waals surface area contributed by atoms with Crippen molar-refractivity contribution in [2.24, 2.45) is 0 Å². The lowest BCUT2D eigenvalue weighted by molar-refractivity contribution is -0.142. The van der Waals surface area contributed by atoms with Gasteiger partial charge in [0, 0.05) is 12.6 Å². The van der Waals surface area contributed by atoms with Gasteiger partial charge in [-0.05, 0) is 24.1 Å². The Kier molecular flexibility index (Phi) is 2.90. The number of benzene rings is 1. The van der Waals surface area contributed by atoms with E-state index in [0.29, 0.717) is 6.61 Å². The summed E-state index contributed by atoms with van der Waals surface area (Å²) in [6, 6.07) is 5.63. The van der Waals surface area contributed by atoms with Crippen LogP contribution in [0.25, 0.3) is 0 Å². The van der Waals surface area contributed by atoms with Gasteiger partial charge in [-0.25, -0.2) is 0 Å². The molecule has 0 amide bonds. The van der Waals surface area contributed by atoms with E-state index in [0.717, 1.165) is 16.8 Å². The van der Waals surface area contributed by atoms with Gasteiger partial charge in [0.2, 0.25) is 0 Å². The van der Waals surface area contributed by atoms with Crippen LogP contribution in [-0.2, 0) is 16.1 Å². The number of carbonyl (C=O) groups is 1. The average Bonchev–Trinajstić information content (AvgIpc) is 2.07. The Morgan fingerprint density at radius 1 is 1.54 bits per heavy atom. The maximum absolute atomic E-state index is 10.5. The highest BCUT2D eigenvalue weighted by Crippen LogP contribution is 2.13. The van der Waals surface area contributed by atoms with Crippen molar-refractivity contribution in [2.45, 2.75) is 20.5 Å². The molecule has 0 aliphatic carbocycles. The second kappa shape index (κ2) is 3.94. The van der Waals surface area contributed by atoms with Crippen molar-refractivity contribution in [3.63, 3.8) is 0 Å². The minimum atomic E-state index is -0.279. The molecular formula is C10H13NO2. The summed E-state index contributed by atoms with van der Waals surface area (Å²) in [5.41, 5.74) is 8.36. The van der Waals surface area contributed by atoms with E-state index in [-0.39, 0.29) is 5.97 Å². The third-order valence-corrected chi connectivity index (χ3v) is 1.79. The Labute approximate surface area is 77.5 Å². The maximum atomic E-state index is 10.5. The number of ether oxygens (including phenoxy) is 1. The fourth-order valence-corrected chi connectivity index (χ4v) is 0.965. The number of anilines is 1. The maximum Gasteiger partial charge on any atom is 0.302 e. The summed E-state index contributed by atoms with van der Waals surface area (Å²) in [6.07, 6.45) is 0.